The summed E-state index contributed by atoms with van der Waals surface area (Å²) in [5.74, 6) is 0. The van der Waals surface area contributed by atoms with E-state index in [9.17, 15) is 10.2 Å². The molecule has 5 nitrogen and oxygen atoms in total. The molecule has 0 aliphatic carbocycles. The molecule has 4 rings (SSSR count). The van der Waals surface area contributed by atoms with Gasteiger partial charge in [-0.25, -0.2) is 0 Å². The van der Waals surface area contributed by atoms with Crippen molar-refractivity contribution in [3.63, 3.8) is 0 Å². The van der Waals surface area contributed by atoms with Crippen LogP contribution in [0, 0.1) is 0 Å². The van der Waals surface area contributed by atoms with Crippen LogP contribution in [0.15, 0.2) is 42.7 Å². The SMILES string of the molecule is CN1CCc2c(c3cc(CCO)ccc3n2C[C@](C)(O)c2cccnc2)C1. The maximum absolute atomic E-state index is 11.2. The van der Waals surface area contributed by atoms with E-state index in [1.807, 2.05) is 19.1 Å². The van der Waals surface area contributed by atoms with Gasteiger partial charge in [-0.2, -0.15) is 0 Å². The van der Waals surface area contributed by atoms with Crippen LogP contribution in [0.2, 0.25) is 0 Å². The molecule has 1 aliphatic heterocycles. The fraction of sp³-hybridized carbons (Fsp3) is 0.409. The molecule has 27 heavy (non-hydrogen) atoms. The van der Waals surface area contributed by atoms with E-state index in [0.29, 0.717) is 13.0 Å². The van der Waals surface area contributed by atoms with Crippen molar-refractivity contribution in [3.8, 4) is 0 Å². The number of aromatic nitrogens is 2. The van der Waals surface area contributed by atoms with Gasteiger partial charge in [-0.05, 0) is 49.7 Å². The molecule has 0 amide bonds. The van der Waals surface area contributed by atoms with Crippen LogP contribution in [0.25, 0.3) is 10.9 Å². The highest BCUT2D eigenvalue weighted by Gasteiger charge is 2.29. The maximum atomic E-state index is 11.2. The van der Waals surface area contributed by atoms with Gasteiger partial charge >= 0.3 is 0 Å². The van der Waals surface area contributed by atoms with Crippen molar-refractivity contribution in [1.82, 2.24) is 14.5 Å². The first kappa shape index (κ1) is 18.2. The van der Waals surface area contributed by atoms with E-state index in [4.69, 9.17) is 0 Å². The molecule has 0 unspecified atom stereocenters. The zero-order chi connectivity index (χ0) is 19.0. The predicted octanol–water partition coefficient (Wildman–Crippen LogP) is 2.47. The van der Waals surface area contributed by atoms with Crippen LogP contribution in [0.4, 0.5) is 0 Å². The van der Waals surface area contributed by atoms with Gasteiger partial charge in [0.25, 0.3) is 0 Å². The summed E-state index contributed by atoms with van der Waals surface area (Å²) >= 11 is 0. The lowest BCUT2D eigenvalue weighted by Gasteiger charge is -2.28. The van der Waals surface area contributed by atoms with E-state index in [-0.39, 0.29) is 6.61 Å². The van der Waals surface area contributed by atoms with Crippen LogP contribution < -0.4 is 0 Å². The summed E-state index contributed by atoms with van der Waals surface area (Å²) in [5, 5.41) is 21.7. The summed E-state index contributed by atoms with van der Waals surface area (Å²) in [6.45, 7) is 4.44. The number of benzene rings is 1. The normalized spacial score (nSPS) is 17.0. The lowest BCUT2D eigenvalue weighted by Crippen LogP contribution is -2.31. The van der Waals surface area contributed by atoms with Crippen LogP contribution in [-0.2, 0) is 31.5 Å². The first-order chi connectivity index (χ1) is 13.0. The monoisotopic (exact) mass is 365 g/mol. The van der Waals surface area contributed by atoms with Gasteiger partial charge in [0.05, 0.1) is 6.54 Å². The van der Waals surface area contributed by atoms with Crippen molar-refractivity contribution >= 4 is 10.9 Å². The summed E-state index contributed by atoms with van der Waals surface area (Å²) in [4.78, 5) is 6.51. The van der Waals surface area contributed by atoms with Crippen molar-refractivity contribution in [2.24, 2.45) is 0 Å². The van der Waals surface area contributed by atoms with Crippen molar-refractivity contribution < 1.29 is 10.2 Å². The van der Waals surface area contributed by atoms with Crippen LogP contribution >= 0.6 is 0 Å². The van der Waals surface area contributed by atoms with Gasteiger partial charge in [-0.3, -0.25) is 4.98 Å². The van der Waals surface area contributed by atoms with Gasteiger partial charge in [0.1, 0.15) is 5.60 Å². The highest BCUT2D eigenvalue weighted by Crippen LogP contribution is 2.34. The maximum Gasteiger partial charge on any atom is 0.106 e. The van der Waals surface area contributed by atoms with Crippen molar-refractivity contribution in [1.29, 1.82) is 0 Å². The largest absolute Gasteiger partial charge is 0.396 e. The minimum atomic E-state index is -0.999. The highest BCUT2D eigenvalue weighted by molar-refractivity contribution is 5.86. The van der Waals surface area contributed by atoms with E-state index in [2.05, 4.69) is 39.7 Å². The molecular weight excluding hydrogens is 338 g/mol. The van der Waals surface area contributed by atoms with E-state index < -0.39 is 5.60 Å². The Bertz CT molecular complexity index is 947. The molecule has 0 bridgehead atoms. The summed E-state index contributed by atoms with van der Waals surface area (Å²) < 4.78 is 2.29. The Morgan fingerprint density at radius 1 is 1.26 bits per heavy atom. The Morgan fingerprint density at radius 3 is 2.85 bits per heavy atom. The van der Waals surface area contributed by atoms with E-state index >= 15 is 0 Å². The van der Waals surface area contributed by atoms with Gasteiger partial charge in [-0.1, -0.05) is 12.1 Å². The number of hydrogen-bond acceptors (Lipinski definition) is 4. The number of fused-ring (bicyclic) bond motifs is 3. The molecule has 0 radical (unpaired) electrons. The Balaban J connectivity index is 1.82. The third-order valence-electron chi connectivity index (χ3n) is 5.66. The first-order valence-corrected chi connectivity index (χ1v) is 9.55. The Kier molecular flexibility index (Phi) is 4.76. The summed E-state index contributed by atoms with van der Waals surface area (Å²) in [7, 11) is 2.15. The number of aliphatic hydroxyl groups is 2. The molecular formula is C22H27N3O2. The second kappa shape index (κ2) is 7.08. The summed E-state index contributed by atoms with van der Waals surface area (Å²) in [6.07, 6.45) is 5.11. The second-order valence-corrected chi connectivity index (χ2v) is 7.84. The predicted molar refractivity (Wildman–Crippen MR) is 107 cm³/mol. The first-order valence-electron chi connectivity index (χ1n) is 9.55. The second-order valence-electron chi connectivity index (χ2n) is 7.84. The van der Waals surface area contributed by atoms with Crippen molar-refractivity contribution in [2.45, 2.75) is 38.5 Å². The molecule has 0 saturated heterocycles. The third-order valence-corrected chi connectivity index (χ3v) is 5.66. The van der Waals surface area contributed by atoms with Crippen LogP contribution in [0.1, 0.15) is 29.3 Å². The Hall–Kier alpha value is -2.21. The minimum absolute atomic E-state index is 0.157. The molecule has 5 heteroatoms. The smallest absolute Gasteiger partial charge is 0.106 e. The Morgan fingerprint density at radius 2 is 2.11 bits per heavy atom. The number of aliphatic hydroxyl groups excluding tert-OH is 1. The molecule has 1 atom stereocenters. The summed E-state index contributed by atoms with van der Waals surface area (Å²) in [6, 6.07) is 10.2. The van der Waals surface area contributed by atoms with E-state index in [0.717, 1.165) is 36.2 Å². The minimum Gasteiger partial charge on any atom is -0.396 e. The number of rotatable bonds is 5. The van der Waals surface area contributed by atoms with Crippen molar-refractivity contribution in [3.05, 3.63) is 65.1 Å². The molecule has 2 N–H and O–H groups in total. The quantitative estimate of drug-likeness (QED) is 0.729. The zero-order valence-electron chi connectivity index (χ0n) is 16.0. The number of likely N-dealkylation sites (N-methyl/N-ethyl adjacent to an activating group) is 1. The number of hydrogen-bond donors (Lipinski definition) is 2. The fourth-order valence-corrected chi connectivity index (χ4v) is 4.18. The molecule has 2 aromatic heterocycles. The number of pyridine rings is 1. The Labute approximate surface area is 159 Å². The fourth-order valence-electron chi connectivity index (χ4n) is 4.18. The molecule has 0 saturated carbocycles. The highest BCUT2D eigenvalue weighted by atomic mass is 16.3. The van der Waals surface area contributed by atoms with Gasteiger partial charge in [-0.15, -0.1) is 0 Å². The third kappa shape index (κ3) is 3.38. The summed E-state index contributed by atoms with van der Waals surface area (Å²) in [5.41, 5.74) is 4.79. The van der Waals surface area contributed by atoms with Crippen LogP contribution in [0.3, 0.4) is 0 Å². The van der Waals surface area contributed by atoms with Gasteiger partial charge in [0.2, 0.25) is 0 Å². The van der Waals surface area contributed by atoms with Gasteiger partial charge in [0, 0.05) is 60.7 Å². The van der Waals surface area contributed by atoms with Gasteiger partial charge < -0.3 is 19.7 Å². The lowest BCUT2D eigenvalue weighted by molar-refractivity contribution is 0.0381. The molecule has 3 heterocycles. The average Bonchev–Trinajstić information content (AvgIpc) is 2.95. The zero-order valence-corrected chi connectivity index (χ0v) is 16.0. The van der Waals surface area contributed by atoms with Gasteiger partial charge in [0.15, 0.2) is 0 Å². The standard InChI is InChI=1S/C22H27N3O2/c1-22(27,17-4-3-9-23-13-17)15-25-20-6-5-16(8-11-26)12-18(20)19-14-24(2)10-7-21(19)25/h3-6,9,12-13,26-27H,7-8,10-11,14-15H2,1-2H3/t22-/m0/s1. The van der Waals surface area contributed by atoms with E-state index in [1.165, 1.54) is 16.6 Å². The molecule has 142 valence electrons. The molecule has 1 aromatic carbocycles. The van der Waals surface area contributed by atoms with E-state index in [1.54, 1.807) is 12.4 Å². The van der Waals surface area contributed by atoms with Crippen molar-refractivity contribution in [2.75, 3.05) is 20.2 Å². The average molecular weight is 365 g/mol. The van der Waals surface area contributed by atoms with Crippen LogP contribution in [-0.4, -0.2) is 44.9 Å². The molecule has 1 aliphatic rings. The molecule has 0 spiro atoms. The van der Waals surface area contributed by atoms with Crippen LogP contribution in [0.5, 0.6) is 0 Å². The topological polar surface area (TPSA) is 61.5 Å². The molecule has 3 aromatic rings. The molecule has 0 fully saturated rings. The number of nitrogens with zero attached hydrogens (tertiary/aromatic N) is 3. The lowest BCUT2D eigenvalue weighted by atomic mass is 9.97.